The van der Waals surface area contributed by atoms with E-state index in [1.54, 1.807) is 6.08 Å². The molecule has 1 saturated heterocycles. The number of ether oxygens (including phenoxy) is 2. The van der Waals surface area contributed by atoms with Crippen molar-refractivity contribution in [2.45, 2.75) is 19.6 Å². The first-order chi connectivity index (χ1) is 4.64. The van der Waals surface area contributed by atoms with Gasteiger partial charge in [0.15, 0.2) is 5.79 Å². The van der Waals surface area contributed by atoms with Crippen LogP contribution in [0, 0.1) is 12.5 Å². The first-order valence-corrected chi connectivity index (χ1v) is 3.47. The molecule has 0 bridgehead atoms. The maximum atomic E-state index is 5.34. The van der Waals surface area contributed by atoms with Crippen molar-refractivity contribution in [3.05, 3.63) is 12.7 Å². The number of rotatable bonds is 1. The van der Waals surface area contributed by atoms with Gasteiger partial charge in [0.05, 0.1) is 13.2 Å². The Kier molecular flexibility index (Phi) is 4.43. The van der Waals surface area contributed by atoms with E-state index in [0.717, 1.165) is 0 Å². The average Bonchev–Trinajstić information content (AvgIpc) is 1.88. The first kappa shape index (κ1) is 11.3. The van der Waals surface area contributed by atoms with Crippen LogP contribution in [0.5, 0.6) is 0 Å². The van der Waals surface area contributed by atoms with E-state index < -0.39 is 5.79 Å². The summed E-state index contributed by atoms with van der Waals surface area (Å²) in [6.07, 6.45) is 1.62. The molecule has 0 radical (unpaired) electrons. The van der Waals surface area contributed by atoms with E-state index in [1.165, 1.54) is 0 Å². The second-order valence-corrected chi connectivity index (χ2v) is 2.97. The Morgan fingerprint density at radius 2 is 1.82 bits per heavy atom. The molecule has 1 aliphatic rings. The van der Waals surface area contributed by atoms with Crippen molar-refractivity contribution in [1.82, 2.24) is 0 Å². The second kappa shape index (κ2) is 4.32. The molecule has 11 heavy (non-hydrogen) atoms. The van der Waals surface area contributed by atoms with Crippen LogP contribution in [0.1, 0.15) is 13.8 Å². The van der Waals surface area contributed by atoms with Crippen molar-refractivity contribution in [3.63, 3.8) is 0 Å². The molecule has 1 aliphatic heterocycles. The van der Waals surface area contributed by atoms with Crippen LogP contribution in [0.4, 0.5) is 0 Å². The van der Waals surface area contributed by atoms with Gasteiger partial charge in [0.1, 0.15) is 0 Å². The van der Waals surface area contributed by atoms with Crippen molar-refractivity contribution in [2.75, 3.05) is 13.2 Å². The fraction of sp³-hybridized carbons (Fsp3) is 0.750. The monoisotopic (exact) mass is 148 g/mol. The van der Waals surface area contributed by atoms with E-state index in [0.29, 0.717) is 13.2 Å². The standard InChI is InChI=1S/C8H13O2.Li/c1-4-7-5-9-8(2,3)10-6-7;/h1,4,7H,5-6H2,2-3H3;/q-1;+1. The van der Waals surface area contributed by atoms with E-state index in [1.807, 2.05) is 13.8 Å². The van der Waals surface area contributed by atoms with Gasteiger partial charge in [-0.15, -0.1) is 0 Å². The third-order valence-corrected chi connectivity index (χ3v) is 1.56. The van der Waals surface area contributed by atoms with Gasteiger partial charge in [-0.1, -0.05) is 0 Å². The predicted octanol–water partition coefficient (Wildman–Crippen LogP) is -1.62. The maximum absolute atomic E-state index is 5.34. The molecule has 0 atom stereocenters. The van der Waals surface area contributed by atoms with Crippen LogP contribution in [-0.2, 0) is 9.47 Å². The molecule has 1 fully saturated rings. The molecule has 0 spiro atoms. The minimum Gasteiger partial charge on any atom is -0.517 e. The van der Waals surface area contributed by atoms with Crippen molar-refractivity contribution in [3.8, 4) is 0 Å². The van der Waals surface area contributed by atoms with E-state index in [2.05, 4.69) is 0 Å². The van der Waals surface area contributed by atoms with Gasteiger partial charge >= 0.3 is 18.9 Å². The smallest absolute Gasteiger partial charge is 0.517 e. The Bertz CT molecular complexity index is 124. The Labute approximate surface area is 80.1 Å². The minimum atomic E-state index is -0.417. The predicted molar refractivity (Wildman–Crippen MR) is 38.3 cm³/mol. The maximum Gasteiger partial charge on any atom is 1.00 e. The Morgan fingerprint density at radius 3 is 2.18 bits per heavy atom. The second-order valence-electron chi connectivity index (χ2n) is 2.97. The summed E-state index contributed by atoms with van der Waals surface area (Å²) in [4.78, 5) is 0. The van der Waals surface area contributed by atoms with E-state index in [4.69, 9.17) is 16.1 Å². The van der Waals surface area contributed by atoms with Crippen molar-refractivity contribution < 1.29 is 28.3 Å². The molecule has 0 aromatic carbocycles. The van der Waals surface area contributed by atoms with Gasteiger partial charge in [-0.05, 0) is 19.8 Å². The van der Waals surface area contributed by atoms with Gasteiger partial charge in [-0.2, -0.15) is 0 Å². The zero-order valence-electron chi connectivity index (χ0n) is 7.46. The number of hydrogen-bond donors (Lipinski definition) is 0. The van der Waals surface area contributed by atoms with Crippen LogP contribution in [0.15, 0.2) is 6.08 Å². The first-order valence-electron chi connectivity index (χ1n) is 3.47. The molecule has 2 nitrogen and oxygen atoms in total. The van der Waals surface area contributed by atoms with Crippen molar-refractivity contribution >= 4 is 0 Å². The van der Waals surface area contributed by atoms with Crippen molar-refractivity contribution in [2.24, 2.45) is 5.92 Å². The molecule has 0 N–H and O–H groups in total. The van der Waals surface area contributed by atoms with Crippen LogP contribution in [0.3, 0.4) is 0 Å². The average molecular weight is 148 g/mol. The number of hydrogen-bond acceptors (Lipinski definition) is 2. The van der Waals surface area contributed by atoms with Crippen LogP contribution >= 0.6 is 0 Å². The summed E-state index contributed by atoms with van der Waals surface area (Å²) in [5, 5.41) is 0. The van der Waals surface area contributed by atoms with Crippen LogP contribution in [0.2, 0.25) is 0 Å². The summed E-state index contributed by atoms with van der Waals surface area (Å²) in [5.41, 5.74) is 0. The molecular formula is C8H13LiO2. The van der Waals surface area contributed by atoms with E-state index in [-0.39, 0.29) is 24.8 Å². The minimum absolute atomic E-state index is 0. The van der Waals surface area contributed by atoms with Gasteiger partial charge in [-0.25, -0.2) is 0 Å². The van der Waals surface area contributed by atoms with Gasteiger partial charge in [0, 0.05) is 0 Å². The molecule has 0 saturated carbocycles. The summed E-state index contributed by atoms with van der Waals surface area (Å²) in [6.45, 7) is 10.5. The molecule has 0 unspecified atom stereocenters. The summed E-state index contributed by atoms with van der Waals surface area (Å²) < 4.78 is 10.7. The van der Waals surface area contributed by atoms with Crippen LogP contribution < -0.4 is 18.9 Å². The molecule has 0 aromatic rings. The third-order valence-electron chi connectivity index (χ3n) is 1.56. The Morgan fingerprint density at radius 1 is 1.36 bits per heavy atom. The Hall–Kier alpha value is 0.257. The molecule has 58 valence electrons. The van der Waals surface area contributed by atoms with Gasteiger partial charge < -0.3 is 16.1 Å². The fourth-order valence-electron chi connectivity index (χ4n) is 0.816. The van der Waals surface area contributed by atoms with Crippen molar-refractivity contribution in [1.29, 1.82) is 0 Å². The van der Waals surface area contributed by atoms with Gasteiger partial charge in [0.2, 0.25) is 0 Å². The van der Waals surface area contributed by atoms with Crippen LogP contribution in [-0.4, -0.2) is 19.0 Å². The zero-order chi connectivity index (χ0) is 7.61. The third kappa shape index (κ3) is 3.44. The summed E-state index contributed by atoms with van der Waals surface area (Å²) in [7, 11) is 0. The zero-order valence-corrected chi connectivity index (χ0v) is 7.46. The molecule has 0 amide bonds. The van der Waals surface area contributed by atoms with Gasteiger partial charge in [-0.3, -0.25) is 6.08 Å². The molecule has 0 aromatic heterocycles. The molecule has 0 aliphatic carbocycles. The quantitative estimate of drug-likeness (QED) is 0.328. The van der Waals surface area contributed by atoms with E-state index in [9.17, 15) is 0 Å². The Balaban J connectivity index is 0.000001000. The van der Waals surface area contributed by atoms with Crippen LogP contribution in [0.25, 0.3) is 0 Å². The SMILES string of the molecule is [CH-]=CC1COC(C)(C)OC1.[Li+]. The molecule has 1 heterocycles. The molecule has 1 rings (SSSR count). The summed E-state index contributed by atoms with van der Waals surface area (Å²) >= 11 is 0. The topological polar surface area (TPSA) is 18.5 Å². The molecule has 3 heteroatoms. The fourth-order valence-corrected chi connectivity index (χ4v) is 0.816. The molecular weight excluding hydrogens is 135 g/mol. The summed E-state index contributed by atoms with van der Waals surface area (Å²) in [6, 6.07) is 0. The van der Waals surface area contributed by atoms with Gasteiger partial charge in [0.25, 0.3) is 0 Å². The normalized spacial score (nSPS) is 23.8. The van der Waals surface area contributed by atoms with E-state index >= 15 is 0 Å². The largest absolute Gasteiger partial charge is 1.00 e. The summed E-state index contributed by atoms with van der Waals surface area (Å²) in [5.74, 6) is -0.160.